The molecule has 4 rings (SSSR count). The first-order valence-electron chi connectivity index (χ1n) is 8.33. The summed E-state index contributed by atoms with van der Waals surface area (Å²) in [4.78, 5) is 17.7. The Hall–Kier alpha value is -2.50. The van der Waals surface area contributed by atoms with Gasteiger partial charge in [0.05, 0.1) is 16.8 Å². The van der Waals surface area contributed by atoms with E-state index in [1.807, 2.05) is 78.9 Å². The van der Waals surface area contributed by atoms with E-state index in [0.29, 0.717) is 5.56 Å². The fourth-order valence-electron chi connectivity index (χ4n) is 2.89. The van der Waals surface area contributed by atoms with Crippen LogP contribution in [0.1, 0.15) is 10.4 Å². The summed E-state index contributed by atoms with van der Waals surface area (Å²) in [5, 5.41) is 3.80. The summed E-state index contributed by atoms with van der Waals surface area (Å²) in [5.41, 5.74) is 3.84. The highest BCUT2D eigenvalue weighted by molar-refractivity contribution is 9.10. The van der Waals surface area contributed by atoms with Crippen LogP contribution in [0.2, 0.25) is 0 Å². The molecule has 0 fully saturated rings. The molecule has 27 heavy (non-hydrogen) atoms. The van der Waals surface area contributed by atoms with Crippen molar-refractivity contribution in [3.05, 3.63) is 93.4 Å². The second-order valence-corrected chi connectivity index (χ2v) is 7.87. The van der Waals surface area contributed by atoms with Gasteiger partial charge in [0, 0.05) is 25.6 Å². The molecule has 1 N–H and O–H groups in total. The number of benzene rings is 3. The summed E-state index contributed by atoms with van der Waals surface area (Å²) >= 11 is 6.90. The van der Waals surface area contributed by atoms with Crippen LogP contribution in [0.25, 0.3) is 22.2 Å². The summed E-state index contributed by atoms with van der Waals surface area (Å²) in [6, 6.07) is 24.9. The van der Waals surface area contributed by atoms with Crippen molar-refractivity contribution in [2.45, 2.75) is 0 Å². The van der Waals surface area contributed by atoms with Crippen molar-refractivity contribution in [3.8, 4) is 11.3 Å². The number of amides is 1. The first-order chi connectivity index (χ1) is 13.1. The van der Waals surface area contributed by atoms with E-state index in [2.05, 4.69) is 37.2 Å². The highest BCUT2D eigenvalue weighted by Gasteiger charge is 2.14. The Morgan fingerprint density at radius 2 is 1.59 bits per heavy atom. The van der Waals surface area contributed by atoms with Crippen molar-refractivity contribution in [1.82, 2.24) is 4.98 Å². The maximum absolute atomic E-state index is 13.0. The molecule has 0 aliphatic heterocycles. The van der Waals surface area contributed by atoms with Gasteiger partial charge in [-0.05, 0) is 48.5 Å². The quantitative estimate of drug-likeness (QED) is 0.354. The van der Waals surface area contributed by atoms with Gasteiger partial charge in [0.1, 0.15) is 0 Å². The van der Waals surface area contributed by atoms with E-state index in [1.54, 1.807) is 0 Å². The third-order valence-electron chi connectivity index (χ3n) is 4.18. The smallest absolute Gasteiger partial charge is 0.256 e. The minimum absolute atomic E-state index is 0.160. The average molecular weight is 482 g/mol. The van der Waals surface area contributed by atoms with Crippen LogP contribution in [-0.2, 0) is 0 Å². The molecule has 0 saturated carbocycles. The topological polar surface area (TPSA) is 42.0 Å². The van der Waals surface area contributed by atoms with Gasteiger partial charge in [-0.1, -0.05) is 62.2 Å². The van der Waals surface area contributed by atoms with Crippen molar-refractivity contribution < 1.29 is 4.79 Å². The predicted octanol–water partition coefficient (Wildman–Crippen LogP) is 6.68. The fourth-order valence-corrected chi connectivity index (χ4v) is 3.55. The third-order valence-corrected chi connectivity index (χ3v) is 5.21. The highest BCUT2D eigenvalue weighted by Crippen LogP contribution is 2.27. The largest absolute Gasteiger partial charge is 0.322 e. The number of nitrogens with one attached hydrogen (secondary N) is 1. The number of rotatable bonds is 3. The van der Waals surface area contributed by atoms with Crippen LogP contribution in [0.4, 0.5) is 5.69 Å². The molecular formula is C22H14Br2N2O. The van der Waals surface area contributed by atoms with Gasteiger partial charge in [-0.25, -0.2) is 4.98 Å². The lowest BCUT2D eigenvalue weighted by Crippen LogP contribution is -2.13. The van der Waals surface area contributed by atoms with Gasteiger partial charge >= 0.3 is 0 Å². The van der Waals surface area contributed by atoms with Crippen molar-refractivity contribution in [2.24, 2.45) is 0 Å². The number of aromatic nitrogens is 1. The van der Waals surface area contributed by atoms with Crippen LogP contribution in [0.3, 0.4) is 0 Å². The Morgan fingerprint density at radius 1 is 0.815 bits per heavy atom. The number of hydrogen-bond acceptors (Lipinski definition) is 2. The maximum Gasteiger partial charge on any atom is 0.256 e. The van der Waals surface area contributed by atoms with Gasteiger partial charge in [-0.15, -0.1) is 0 Å². The lowest BCUT2D eigenvalue weighted by Gasteiger charge is -2.11. The Morgan fingerprint density at radius 3 is 2.37 bits per heavy atom. The van der Waals surface area contributed by atoms with Crippen molar-refractivity contribution in [1.29, 1.82) is 0 Å². The number of halogens is 2. The Bertz CT molecular complexity index is 1140. The fraction of sp³-hybridized carbons (Fsp3) is 0. The van der Waals surface area contributed by atoms with Gasteiger partial charge in [-0.2, -0.15) is 0 Å². The molecule has 3 nitrogen and oxygen atoms in total. The molecule has 1 aromatic heterocycles. The molecule has 1 heterocycles. The molecular weight excluding hydrogens is 468 g/mol. The van der Waals surface area contributed by atoms with E-state index in [0.717, 1.165) is 36.8 Å². The maximum atomic E-state index is 13.0. The molecule has 0 bridgehead atoms. The molecule has 0 unspecified atom stereocenters. The summed E-state index contributed by atoms with van der Waals surface area (Å²) in [6.45, 7) is 0. The van der Waals surface area contributed by atoms with Gasteiger partial charge in [0.15, 0.2) is 0 Å². The molecule has 0 saturated heterocycles. The number of anilines is 1. The standard InChI is InChI=1S/C22H14Br2N2O/c23-15-8-10-17(11-9-15)25-22(27)19-13-21(14-4-3-5-16(24)12-14)26-20-7-2-1-6-18(19)20/h1-13H,(H,25,27). The highest BCUT2D eigenvalue weighted by atomic mass is 79.9. The van der Waals surface area contributed by atoms with Crippen molar-refractivity contribution >= 4 is 54.4 Å². The number of carbonyl (C=O) groups excluding carboxylic acids is 1. The lowest BCUT2D eigenvalue weighted by atomic mass is 10.0. The average Bonchev–Trinajstić information content (AvgIpc) is 2.69. The molecule has 0 radical (unpaired) electrons. The van der Waals surface area contributed by atoms with E-state index in [-0.39, 0.29) is 5.91 Å². The number of para-hydroxylation sites is 1. The van der Waals surface area contributed by atoms with E-state index in [1.165, 1.54) is 0 Å². The van der Waals surface area contributed by atoms with Crippen LogP contribution in [0.5, 0.6) is 0 Å². The zero-order valence-electron chi connectivity index (χ0n) is 14.1. The predicted molar refractivity (Wildman–Crippen MR) is 117 cm³/mol. The van der Waals surface area contributed by atoms with E-state index in [9.17, 15) is 4.79 Å². The molecule has 3 aromatic carbocycles. The van der Waals surface area contributed by atoms with Crippen molar-refractivity contribution in [3.63, 3.8) is 0 Å². The zero-order valence-corrected chi connectivity index (χ0v) is 17.3. The summed E-state index contributed by atoms with van der Waals surface area (Å²) < 4.78 is 1.93. The normalized spacial score (nSPS) is 10.7. The van der Waals surface area contributed by atoms with Gasteiger partial charge < -0.3 is 5.32 Å². The van der Waals surface area contributed by atoms with Crippen LogP contribution < -0.4 is 5.32 Å². The van der Waals surface area contributed by atoms with E-state index in [4.69, 9.17) is 4.98 Å². The first-order valence-corrected chi connectivity index (χ1v) is 9.91. The Kier molecular flexibility index (Phi) is 5.05. The molecule has 0 aliphatic carbocycles. The second-order valence-electron chi connectivity index (χ2n) is 6.04. The third kappa shape index (κ3) is 3.94. The lowest BCUT2D eigenvalue weighted by molar-refractivity contribution is 0.102. The molecule has 0 atom stereocenters. The summed E-state index contributed by atoms with van der Waals surface area (Å²) in [7, 11) is 0. The van der Waals surface area contributed by atoms with Crippen molar-refractivity contribution in [2.75, 3.05) is 5.32 Å². The molecule has 132 valence electrons. The molecule has 0 aliphatic rings. The second kappa shape index (κ2) is 7.62. The van der Waals surface area contributed by atoms with E-state index >= 15 is 0 Å². The molecule has 1 amide bonds. The number of hydrogen-bond donors (Lipinski definition) is 1. The van der Waals surface area contributed by atoms with Crippen LogP contribution in [0.15, 0.2) is 87.8 Å². The van der Waals surface area contributed by atoms with Crippen LogP contribution >= 0.6 is 31.9 Å². The van der Waals surface area contributed by atoms with Crippen LogP contribution in [-0.4, -0.2) is 10.9 Å². The minimum atomic E-state index is -0.160. The van der Waals surface area contributed by atoms with Gasteiger partial charge in [-0.3, -0.25) is 4.79 Å². The first kappa shape index (κ1) is 17.9. The number of carbonyl (C=O) groups is 1. The zero-order chi connectivity index (χ0) is 18.8. The monoisotopic (exact) mass is 480 g/mol. The van der Waals surface area contributed by atoms with Gasteiger partial charge in [0.25, 0.3) is 5.91 Å². The molecule has 4 aromatic rings. The number of pyridine rings is 1. The summed E-state index contributed by atoms with van der Waals surface area (Å²) in [5.74, 6) is -0.160. The van der Waals surface area contributed by atoms with Crippen LogP contribution in [0, 0.1) is 0 Å². The molecule has 5 heteroatoms. The SMILES string of the molecule is O=C(Nc1ccc(Br)cc1)c1cc(-c2cccc(Br)c2)nc2ccccc12. The molecule has 0 spiro atoms. The number of nitrogens with zero attached hydrogens (tertiary/aromatic N) is 1. The summed E-state index contributed by atoms with van der Waals surface area (Å²) in [6.07, 6.45) is 0. The Balaban J connectivity index is 1.80. The Labute approximate surface area is 173 Å². The minimum Gasteiger partial charge on any atom is -0.322 e. The van der Waals surface area contributed by atoms with E-state index < -0.39 is 0 Å². The number of fused-ring (bicyclic) bond motifs is 1. The van der Waals surface area contributed by atoms with Gasteiger partial charge in [0.2, 0.25) is 0 Å².